The van der Waals surface area contributed by atoms with E-state index in [0.29, 0.717) is 23.2 Å². The minimum Gasteiger partial charge on any atom is -0.378 e. The number of hydrogen-bond acceptors (Lipinski definition) is 7. The van der Waals surface area contributed by atoms with Gasteiger partial charge in [0.05, 0.1) is 34.6 Å². The van der Waals surface area contributed by atoms with Gasteiger partial charge in [-0.25, -0.2) is 9.97 Å². The highest BCUT2D eigenvalue weighted by Gasteiger charge is 2.30. The third-order valence-electron chi connectivity index (χ3n) is 6.94. The van der Waals surface area contributed by atoms with Crippen LogP contribution in [0, 0.1) is 6.92 Å². The number of hydrogen-bond donors (Lipinski definition) is 0. The van der Waals surface area contributed by atoms with Crippen LogP contribution in [-0.4, -0.2) is 74.8 Å². The Labute approximate surface area is 204 Å². The molecule has 0 radical (unpaired) electrons. The first kappa shape index (κ1) is 23.1. The Morgan fingerprint density at radius 3 is 2.65 bits per heavy atom. The summed E-state index contributed by atoms with van der Waals surface area (Å²) in [6.07, 6.45) is 9.46. The Morgan fingerprint density at radius 2 is 1.94 bits per heavy atom. The number of methoxy groups -OCH3 is 1. The minimum absolute atomic E-state index is 0.0148. The number of rotatable bonds is 6. The average Bonchev–Trinajstić information content (AvgIpc) is 3.56. The molecule has 180 valence electrons. The first-order valence-corrected chi connectivity index (χ1v) is 13.0. The van der Waals surface area contributed by atoms with Crippen molar-refractivity contribution in [2.45, 2.75) is 51.7 Å². The molecular weight excluding hydrogens is 448 g/mol. The normalized spacial score (nSPS) is 17.9. The number of likely N-dealkylation sites (tertiary alicyclic amines) is 2. The summed E-state index contributed by atoms with van der Waals surface area (Å²) in [6.45, 7) is 6.22. The minimum atomic E-state index is 0.0148. The highest BCUT2D eigenvalue weighted by molar-refractivity contribution is 7.13. The van der Waals surface area contributed by atoms with Gasteiger partial charge in [-0.15, -0.1) is 11.3 Å². The highest BCUT2D eigenvalue weighted by atomic mass is 32.1. The molecule has 0 aliphatic carbocycles. The molecule has 1 amide bonds. The third-order valence-corrected chi connectivity index (χ3v) is 7.82. The Balaban J connectivity index is 1.36. The molecule has 2 saturated heterocycles. The molecule has 5 rings (SSSR count). The number of carbonyl (C=O) groups is 1. The van der Waals surface area contributed by atoms with Crippen molar-refractivity contribution < 1.29 is 9.53 Å². The van der Waals surface area contributed by atoms with Crippen LogP contribution in [0.25, 0.3) is 16.5 Å². The monoisotopic (exact) mass is 480 g/mol. The lowest BCUT2D eigenvalue weighted by molar-refractivity contribution is 0.0586. The molecule has 0 atom stereocenters. The smallest absolute Gasteiger partial charge is 0.257 e. The molecule has 8 nitrogen and oxygen atoms in total. The summed E-state index contributed by atoms with van der Waals surface area (Å²) in [5.41, 5.74) is 3.14. The van der Waals surface area contributed by atoms with Crippen molar-refractivity contribution in [3.8, 4) is 16.5 Å². The Morgan fingerprint density at radius 1 is 1.15 bits per heavy atom. The summed E-state index contributed by atoms with van der Waals surface area (Å²) in [5, 5.41) is 6.55. The second-order valence-corrected chi connectivity index (χ2v) is 10.1. The van der Waals surface area contributed by atoms with Crippen molar-refractivity contribution in [3.63, 3.8) is 0 Å². The lowest BCUT2D eigenvalue weighted by Gasteiger charge is -2.40. The number of ether oxygens (including phenoxy) is 1. The molecule has 3 aromatic rings. The molecule has 34 heavy (non-hydrogen) atoms. The molecule has 0 bridgehead atoms. The first-order chi connectivity index (χ1) is 16.7. The van der Waals surface area contributed by atoms with Gasteiger partial charge in [0.15, 0.2) is 0 Å². The van der Waals surface area contributed by atoms with E-state index >= 15 is 0 Å². The first-order valence-electron chi connectivity index (χ1n) is 12.1. The van der Waals surface area contributed by atoms with Gasteiger partial charge >= 0.3 is 0 Å². The van der Waals surface area contributed by atoms with Gasteiger partial charge in [-0.1, -0.05) is 12.5 Å². The highest BCUT2D eigenvalue weighted by Crippen LogP contribution is 2.27. The Kier molecular flexibility index (Phi) is 7.03. The fraction of sp³-hybridized carbons (Fsp3) is 0.520. The van der Waals surface area contributed by atoms with Crippen LogP contribution in [0.4, 0.5) is 0 Å². The number of thiophene rings is 1. The predicted octanol–water partition coefficient (Wildman–Crippen LogP) is 3.94. The predicted molar refractivity (Wildman–Crippen MR) is 132 cm³/mol. The zero-order valence-corrected chi connectivity index (χ0v) is 20.8. The van der Waals surface area contributed by atoms with Crippen molar-refractivity contribution in [2.75, 3.05) is 33.3 Å². The van der Waals surface area contributed by atoms with E-state index in [1.807, 2.05) is 35.5 Å². The summed E-state index contributed by atoms with van der Waals surface area (Å²) < 4.78 is 7.10. The maximum Gasteiger partial charge on any atom is 0.257 e. The van der Waals surface area contributed by atoms with E-state index in [9.17, 15) is 4.79 Å². The molecule has 0 N–H and O–H groups in total. The van der Waals surface area contributed by atoms with Gasteiger partial charge in [0, 0.05) is 32.4 Å². The molecule has 5 heterocycles. The molecule has 0 saturated carbocycles. The van der Waals surface area contributed by atoms with Crippen LogP contribution in [0.1, 0.15) is 53.7 Å². The zero-order chi connectivity index (χ0) is 23.5. The molecule has 9 heteroatoms. The number of aryl methyl sites for hydroxylation is 1. The van der Waals surface area contributed by atoms with Gasteiger partial charge < -0.3 is 14.5 Å². The molecule has 2 aliphatic heterocycles. The van der Waals surface area contributed by atoms with E-state index in [1.165, 1.54) is 32.4 Å². The maximum atomic E-state index is 13.5. The van der Waals surface area contributed by atoms with Crippen molar-refractivity contribution in [1.82, 2.24) is 29.5 Å². The van der Waals surface area contributed by atoms with Gasteiger partial charge in [-0.05, 0) is 62.7 Å². The van der Waals surface area contributed by atoms with Crippen LogP contribution < -0.4 is 0 Å². The lowest BCUT2D eigenvalue weighted by atomic mass is 9.99. The van der Waals surface area contributed by atoms with Gasteiger partial charge in [0.25, 0.3) is 11.9 Å². The topological polar surface area (TPSA) is 76.4 Å². The van der Waals surface area contributed by atoms with Crippen LogP contribution in [0.15, 0.2) is 29.9 Å². The third kappa shape index (κ3) is 4.64. The maximum absolute atomic E-state index is 13.5. The molecule has 0 spiro atoms. The van der Waals surface area contributed by atoms with Crippen molar-refractivity contribution in [2.24, 2.45) is 0 Å². The van der Waals surface area contributed by atoms with Gasteiger partial charge in [0.1, 0.15) is 0 Å². The molecule has 2 aliphatic rings. The van der Waals surface area contributed by atoms with Crippen molar-refractivity contribution in [3.05, 3.63) is 46.7 Å². The van der Waals surface area contributed by atoms with Gasteiger partial charge in [-0.3, -0.25) is 4.79 Å². The number of amides is 1. The summed E-state index contributed by atoms with van der Waals surface area (Å²) in [7, 11) is 1.63. The second-order valence-electron chi connectivity index (χ2n) is 9.15. The molecule has 2 fully saturated rings. The summed E-state index contributed by atoms with van der Waals surface area (Å²) >= 11 is 1.64. The van der Waals surface area contributed by atoms with Crippen LogP contribution in [0.3, 0.4) is 0 Å². The van der Waals surface area contributed by atoms with E-state index in [1.54, 1.807) is 29.3 Å². The van der Waals surface area contributed by atoms with Crippen LogP contribution >= 0.6 is 11.3 Å². The quantitative estimate of drug-likeness (QED) is 0.532. The van der Waals surface area contributed by atoms with Crippen molar-refractivity contribution >= 4 is 17.2 Å². The SMILES string of the molecule is COCc1c(C(=O)N2CCC(N3CCCCC3)CC2)cnn1-c1ncc(C)c(-c2cccs2)n1. The molecular formula is C25H32N6O2S. The zero-order valence-electron chi connectivity index (χ0n) is 19.9. The van der Waals surface area contributed by atoms with Gasteiger partial charge in [0.2, 0.25) is 0 Å². The van der Waals surface area contributed by atoms with Crippen LogP contribution in [0.2, 0.25) is 0 Å². The molecule has 0 aromatic carbocycles. The fourth-order valence-corrected chi connectivity index (χ4v) is 5.87. The fourth-order valence-electron chi connectivity index (χ4n) is 5.09. The molecule has 3 aromatic heterocycles. The number of piperidine rings is 2. The molecule has 0 unspecified atom stereocenters. The Hall–Kier alpha value is -2.62. The van der Waals surface area contributed by atoms with E-state index in [0.717, 1.165) is 42.1 Å². The van der Waals surface area contributed by atoms with Crippen LogP contribution in [0.5, 0.6) is 0 Å². The van der Waals surface area contributed by atoms with E-state index in [-0.39, 0.29) is 12.5 Å². The van der Waals surface area contributed by atoms with Crippen LogP contribution in [-0.2, 0) is 11.3 Å². The van der Waals surface area contributed by atoms with E-state index < -0.39 is 0 Å². The largest absolute Gasteiger partial charge is 0.378 e. The summed E-state index contributed by atoms with van der Waals surface area (Å²) in [4.78, 5) is 28.5. The average molecular weight is 481 g/mol. The van der Waals surface area contributed by atoms with Gasteiger partial charge in [-0.2, -0.15) is 9.78 Å². The lowest BCUT2D eigenvalue weighted by Crippen LogP contribution is -2.48. The number of nitrogens with zero attached hydrogens (tertiary/aromatic N) is 6. The standard InChI is InChI=1S/C25H32N6O2S/c1-18-15-26-25(28-23(18)22-7-6-14-34-22)31-21(17-33-2)20(16-27-31)24(32)30-12-8-19(9-13-30)29-10-4-3-5-11-29/h6-7,14-16,19H,3-5,8-13,17H2,1-2H3. The van der Waals surface area contributed by atoms with E-state index in [2.05, 4.69) is 15.0 Å². The second kappa shape index (κ2) is 10.3. The summed E-state index contributed by atoms with van der Waals surface area (Å²) in [5.74, 6) is 0.463. The number of carbonyl (C=O) groups excluding carboxylic acids is 1. The summed E-state index contributed by atoms with van der Waals surface area (Å²) in [6, 6.07) is 4.66. The Bertz CT molecular complexity index is 1110. The van der Waals surface area contributed by atoms with E-state index in [4.69, 9.17) is 9.72 Å². The number of aromatic nitrogens is 4. The van der Waals surface area contributed by atoms with Crippen molar-refractivity contribution in [1.29, 1.82) is 0 Å².